The predicted molar refractivity (Wildman–Crippen MR) is 228 cm³/mol. The number of benzene rings is 9. The summed E-state index contributed by atoms with van der Waals surface area (Å²) in [6.07, 6.45) is 0. The maximum atomic E-state index is 2.51. The predicted octanol–water partition coefficient (Wildman–Crippen LogP) is 15.3. The Balaban J connectivity index is 1.30. The van der Waals surface area contributed by atoms with Gasteiger partial charge >= 0.3 is 0 Å². The van der Waals surface area contributed by atoms with E-state index < -0.39 is 7.53 Å². The highest BCUT2D eigenvalue weighted by Gasteiger charge is 2.20. The zero-order valence-corrected chi connectivity index (χ0v) is 30.0. The molecule has 2 aromatic heterocycles. The van der Waals surface area contributed by atoms with Gasteiger partial charge in [0.05, 0.1) is 0 Å². The van der Waals surface area contributed by atoms with Gasteiger partial charge in [0.2, 0.25) is 0 Å². The minimum atomic E-state index is -0.393. The lowest BCUT2D eigenvalue weighted by molar-refractivity contribution is 1.68. The van der Waals surface area contributed by atoms with Crippen LogP contribution in [0.2, 0.25) is 0 Å². The van der Waals surface area contributed by atoms with Gasteiger partial charge in [-0.25, -0.2) is 0 Å². The maximum Gasteiger partial charge on any atom is 0.00274 e. The smallest absolute Gasteiger partial charge is 0.00274 e. The lowest BCUT2D eigenvalue weighted by Gasteiger charge is -2.18. The Bertz CT molecular complexity index is 3210. The summed E-state index contributed by atoms with van der Waals surface area (Å²) in [5.41, 5.74) is 7.80. The number of fused-ring (bicyclic) bond motifs is 9. The van der Waals surface area contributed by atoms with Gasteiger partial charge in [-0.05, 0) is 100 Å². The average Bonchev–Trinajstić information content (AvgIpc) is 3.71. The molecule has 0 radical (unpaired) electrons. The van der Waals surface area contributed by atoms with Gasteiger partial charge in [0.1, 0.15) is 0 Å². The standard InChI is InChI=1S/C49H32P2/c1-51-45-24-7-5-15-40(45)49-36(21-11-25-46(49)51)34-17-9-19-38-42(34)29-41-33(35-20-10-23-44-48(35)39-14-4-6-22-43(39)50-44)16-8-18-37(41)47(38)32-27-26-30-12-2-3-13-31(30)28-32/h2-29,50H,1H3. The van der Waals surface area contributed by atoms with Crippen molar-refractivity contribution in [3.63, 3.8) is 0 Å². The molecule has 51 heavy (non-hydrogen) atoms. The second kappa shape index (κ2) is 11.2. The van der Waals surface area contributed by atoms with Crippen LogP contribution in [0.3, 0.4) is 0 Å². The fourth-order valence-corrected chi connectivity index (χ4v) is 12.2. The third-order valence-electron chi connectivity index (χ3n) is 11.1. The van der Waals surface area contributed by atoms with E-state index in [4.69, 9.17) is 0 Å². The van der Waals surface area contributed by atoms with Crippen molar-refractivity contribution in [1.82, 2.24) is 0 Å². The minimum Gasteiger partial charge on any atom is -0.123 e. The topological polar surface area (TPSA) is 0 Å². The summed E-state index contributed by atoms with van der Waals surface area (Å²) >= 11 is 0. The van der Waals surface area contributed by atoms with E-state index in [9.17, 15) is 0 Å². The fourth-order valence-electron chi connectivity index (χ4n) is 8.85. The van der Waals surface area contributed by atoms with E-state index in [1.807, 2.05) is 0 Å². The second-order valence-electron chi connectivity index (χ2n) is 13.8. The van der Waals surface area contributed by atoms with Gasteiger partial charge < -0.3 is 0 Å². The molecule has 238 valence electrons. The van der Waals surface area contributed by atoms with Gasteiger partial charge in [-0.15, -0.1) is 15.7 Å². The van der Waals surface area contributed by atoms with E-state index in [0.717, 1.165) is 0 Å². The first-order valence-electron chi connectivity index (χ1n) is 17.7. The van der Waals surface area contributed by atoms with Crippen LogP contribution in [0.5, 0.6) is 0 Å². The Morgan fingerprint density at radius 3 is 1.75 bits per heavy atom. The molecule has 0 saturated carbocycles. The van der Waals surface area contributed by atoms with Gasteiger partial charge in [0.15, 0.2) is 0 Å². The molecule has 11 rings (SSSR count). The molecule has 0 N–H and O–H groups in total. The first kappa shape index (κ1) is 29.1. The summed E-state index contributed by atoms with van der Waals surface area (Å²) in [6, 6.07) is 64.1. The van der Waals surface area contributed by atoms with Crippen LogP contribution in [0.4, 0.5) is 0 Å². The zero-order chi connectivity index (χ0) is 33.6. The van der Waals surface area contributed by atoms with Crippen LogP contribution < -0.4 is 0 Å². The summed E-state index contributed by atoms with van der Waals surface area (Å²) in [4.78, 5) is 0. The Morgan fingerprint density at radius 2 is 0.941 bits per heavy atom. The van der Waals surface area contributed by atoms with Gasteiger partial charge in [-0.1, -0.05) is 158 Å². The summed E-state index contributed by atoms with van der Waals surface area (Å²) < 4.78 is 0. The lowest BCUT2D eigenvalue weighted by Crippen LogP contribution is -1.91. The maximum absolute atomic E-state index is 2.51. The van der Waals surface area contributed by atoms with E-state index in [1.54, 1.807) is 0 Å². The van der Waals surface area contributed by atoms with Crippen LogP contribution in [0.1, 0.15) is 0 Å². The molecule has 0 aliphatic heterocycles. The third kappa shape index (κ3) is 4.28. The van der Waals surface area contributed by atoms with Crippen molar-refractivity contribution in [2.24, 2.45) is 6.66 Å². The second-order valence-corrected chi connectivity index (χ2v) is 17.2. The van der Waals surface area contributed by atoms with Gasteiger partial charge in [-0.3, -0.25) is 0 Å². The van der Waals surface area contributed by atoms with Gasteiger partial charge in [0, 0.05) is 26.1 Å². The monoisotopic (exact) mass is 682 g/mol. The Hall–Kier alpha value is -5.64. The van der Waals surface area contributed by atoms with Crippen LogP contribution in [0.15, 0.2) is 170 Å². The molecule has 0 bridgehead atoms. The minimum absolute atomic E-state index is 0.393. The van der Waals surface area contributed by atoms with Crippen LogP contribution in [-0.4, -0.2) is 0 Å². The molecule has 0 amide bonds. The Morgan fingerprint density at radius 1 is 0.373 bits per heavy atom. The molecule has 2 atom stereocenters. The van der Waals surface area contributed by atoms with Crippen molar-refractivity contribution in [3.8, 4) is 33.4 Å². The van der Waals surface area contributed by atoms with Crippen LogP contribution in [-0.2, 0) is 6.66 Å². The van der Waals surface area contributed by atoms with Crippen molar-refractivity contribution in [1.29, 1.82) is 0 Å². The molecule has 0 nitrogen and oxygen atoms in total. The van der Waals surface area contributed by atoms with E-state index >= 15 is 0 Å². The normalized spacial score (nSPS) is 12.5. The van der Waals surface area contributed by atoms with Crippen LogP contribution in [0.25, 0.3) is 108 Å². The van der Waals surface area contributed by atoms with E-state index in [0.29, 0.717) is 8.19 Å². The summed E-state index contributed by atoms with van der Waals surface area (Å²) in [7, 11) is 0.293. The summed E-state index contributed by atoms with van der Waals surface area (Å²) in [5.74, 6) is 0. The molecule has 0 aliphatic carbocycles. The Kier molecular flexibility index (Phi) is 6.39. The number of hydrogen-bond acceptors (Lipinski definition) is 0. The quantitative estimate of drug-likeness (QED) is 0.163. The number of rotatable bonds is 3. The number of hydrogen-bond donors (Lipinski definition) is 0. The SMILES string of the molecule is Cp1c2ccccc2c2c(-c3cccc4c(-c5ccc6ccccc6c5)c5cccc(-c6cccc7[pH]c8ccccc8c67)c5cc34)cccc21. The highest BCUT2D eigenvalue weighted by molar-refractivity contribution is 7.59. The molecule has 0 spiro atoms. The molecule has 2 heteroatoms. The highest BCUT2D eigenvalue weighted by Crippen LogP contribution is 2.52. The molecule has 2 heterocycles. The van der Waals surface area contributed by atoms with E-state index in [1.165, 1.54) is 108 Å². The molecular formula is C49H32P2. The van der Waals surface area contributed by atoms with E-state index in [-0.39, 0.29) is 0 Å². The van der Waals surface area contributed by atoms with Crippen molar-refractivity contribution >= 4 is 90.1 Å². The fraction of sp³-hybridized carbons (Fsp3) is 0.0204. The van der Waals surface area contributed by atoms with Gasteiger partial charge in [0.25, 0.3) is 0 Å². The first-order chi connectivity index (χ1) is 25.2. The molecule has 11 aromatic rings. The van der Waals surface area contributed by atoms with E-state index in [2.05, 4.69) is 177 Å². The molecule has 9 aromatic carbocycles. The molecule has 2 unspecified atom stereocenters. The lowest BCUT2D eigenvalue weighted by atomic mass is 9.85. The van der Waals surface area contributed by atoms with Gasteiger partial charge in [-0.2, -0.15) is 0 Å². The largest absolute Gasteiger partial charge is 0.123 e. The average molecular weight is 683 g/mol. The summed E-state index contributed by atoms with van der Waals surface area (Å²) in [5, 5.41) is 19.1. The highest BCUT2D eigenvalue weighted by atomic mass is 31.1. The van der Waals surface area contributed by atoms with Crippen molar-refractivity contribution in [3.05, 3.63) is 170 Å². The van der Waals surface area contributed by atoms with Crippen LogP contribution in [0, 0.1) is 0 Å². The van der Waals surface area contributed by atoms with Crippen molar-refractivity contribution in [2.45, 2.75) is 0 Å². The summed E-state index contributed by atoms with van der Waals surface area (Å²) in [6.45, 7) is 2.42. The Labute approximate surface area is 298 Å². The zero-order valence-electron chi connectivity index (χ0n) is 28.1. The molecule has 0 aliphatic rings. The van der Waals surface area contributed by atoms with Crippen molar-refractivity contribution in [2.75, 3.05) is 0 Å². The third-order valence-corrected chi connectivity index (χ3v) is 14.7. The number of aryl methyl sites for hydroxylation is 1. The molecular weight excluding hydrogens is 650 g/mol. The molecule has 0 saturated heterocycles. The molecule has 0 fully saturated rings. The van der Waals surface area contributed by atoms with Crippen molar-refractivity contribution < 1.29 is 0 Å². The van der Waals surface area contributed by atoms with Crippen LogP contribution >= 0.6 is 15.7 Å². The first-order valence-corrected chi connectivity index (χ1v) is 20.5.